The number of allylic oxidation sites excluding steroid dienone is 1. The van der Waals surface area contributed by atoms with Crippen molar-refractivity contribution in [3.8, 4) is 0 Å². The lowest BCUT2D eigenvalue weighted by Crippen LogP contribution is -2.30. The van der Waals surface area contributed by atoms with Gasteiger partial charge in [0.2, 0.25) is 5.89 Å². The second-order valence-corrected chi connectivity index (χ2v) is 5.40. The van der Waals surface area contributed by atoms with Gasteiger partial charge in [-0.2, -0.15) is 4.98 Å². The summed E-state index contributed by atoms with van der Waals surface area (Å²) in [5.74, 6) is 1.41. The zero-order valence-corrected chi connectivity index (χ0v) is 12.5. The second-order valence-electron chi connectivity index (χ2n) is 5.40. The Morgan fingerprint density at radius 3 is 3.15 bits per heavy atom. The predicted octanol–water partition coefficient (Wildman–Crippen LogP) is 2.58. The van der Waals surface area contributed by atoms with Crippen LogP contribution in [0.3, 0.4) is 0 Å². The predicted molar refractivity (Wildman–Crippen MR) is 77.4 cm³/mol. The van der Waals surface area contributed by atoms with Crippen molar-refractivity contribution in [2.75, 3.05) is 20.8 Å². The fourth-order valence-corrected chi connectivity index (χ4v) is 2.49. The summed E-state index contributed by atoms with van der Waals surface area (Å²) < 4.78 is 10.3. The van der Waals surface area contributed by atoms with Gasteiger partial charge in [0.05, 0.1) is 13.2 Å². The highest BCUT2D eigenvalue weighted by Crippen LogP contribution is 2.17. The van der Waals surface area contributed by atoms with Gasteiger partial charge in [-0.25, -0.2) is 0 Å². The van der Waals surface area contributed by atoms with E-state index in [0.717, 1.165) is 5.82 Å². The molecule has 20 heavy (non-hydrogen) atoms. The molecule has 0 aromatic carbocycles. The van der Waals surface area contributed by atoms with Crippen molar-refractivity contribution in [3.05, 3.63) is 23.9 Å². The molecule has 5 heteroatoms. The van der Waals surface area contributed by atoms with Crippen LogP contribution in [0.25, 0.3) is 0 Å². The first-order chi connectivity index (χ1) is 9.79. The van der Waals surface area contributed by atoms with Gasteiger partial charge in [-0.05, 0) is 26.3 Å². The minimum atomic E-state index is 0.477. The fourth-order valence-electron chi connectivity index (χ4n) is 2.49. The van der Waals surface area contributed by atoms with Gasteiger partial charge in [-0.1, -0.05) is 30.2 Å². The molecular formula is C15H25N3O2. The van der Waals surface area contributed by atoms with Crippen LogP contribution in [0, 0.1) is 0 Å². The summed E-state index contributed by atoms with van der Waals surface area (Å²) in [6, 6.07) is 0.477. The van der Waals surface area contributed by atoms with Gasteiger partial charge in [-0.3, -0.25) is 4.90 Å². The molecule has 1 heterocycles. The van der Waals surface area contributed by atoms with Gasteiger partial charge < -0.3 is 9.26 Å². The lowest BCUT2D eigenvalue weighted by molar-refractivity contribution is 0.199. The van der Waals surface area contributed by atoms with Crippen molar-refractivity contribution in [2.45, 2.75) is 51.1 Å². The van der Waals surface area contributed by atoms with Crippen molar-refractivity contribution >= 4 is 0 Å². The number of aromatic nitrogens is 2. The monoisotopic (exact) mass is 279 g/mol. The van der Waals surface area contributed by atoms with E-state index < -0.39 is 0 Å². The second kappa shape index (κ2) is 8.17. The minimum absolute atomic E-state index is 0.477. The smallest absolute Gasteiger partial charge is 0.240 e. The van der Waals surface area contributed by atoms with Crippen LogP contribution in [0.4, 0.5) is 0 Å². The van der Waals surface area contributed by atoms with Crippen LogP contribution in [0.15, 0.2) is 16.7 Å². The molecule has 1 unspecified atom stereocenters. The molecule has 0 bridgehead atoms. The fraction of sp³-hybridized carbons (Fsp3) is 0.733. The first-order valence-corrected chi connectivity index (χ1v) is 7.47. The summed E-state index contributed by atoms with van der Waals surface area (Å²) in [4.78, 5) is 6.69. The van der Waals surface area contributed by atoms with Crippen LogP contribution >= 0.6 is 0 Å². The highest BCUT2D eigenvalue weighted by atomic mass is 16.5. The Kier molecular flexibility index (Phi) is 6.21. The highest BCUT2D eigenvalue weighted by molar-refractivity contribution is 4.96. The maximum absolute atomic E-state index is 5.30. The van der Waals surface area contributed by atoms with Crippen molar-refractivity contribution in [1.29, 1.82) is 0 Å². The molecule has 0 aliphatic heterocycles. The number of rotatable bonds is 6. The van der Waals surface area contributed by atoms with E-state index in [1.165, 1.54) is 32.1 Å². The average Bonchev–Trinajstić information content (AvgIpc) is 2.83. The molecular weight excluding hydrogens is 254 g/mol. The molecule has 1 aromatic rings. The maximum atomic E-state index is 5.30. The van der Waals surface area contributed by atoms with Crippen LogP contribution < -0.4 is 0 Å². The zero-order chi connectivity index (χ0) is 14.2. The molecule has 0 saturated carbocycles. The molecule has 0 saturated heterocycles. The van der Waals surface area contributed by atoms with E-state index in [9.17, 15) is 0 Å². The van der Waals surface area contributed by atoms with Crippen LogP contribution in [-0.2, 0) is 17.7 Å². The molecule has 1 atom stereocenters. The summed E-state index contributed by atoms with van der Waals surface area (Å²) in [6.45, 7) is 1.33. The van der Waals surface area contributed by atoms with Gasteiger partial charge in [0, 0.05) is 19.6 Å². The molecule has 5 nitrogen and oxygen atoms in total. The number of hydrogen-bond acceptors (Lipinski definition) is 5. The van der Waals surface area contributed by atoms with E-state index in [1.807, 2.05) is 0 Å². The van der Waals surface area contributed by atoms with Crippen LogP contribution in [0.1, 0.15) is 43.8 Å². The third-order valence-electron chi connectivity index (χ3n) is 3.72. The molecule has 1 aromatic heterocycles. The molecule has 0 fully saturated rings. The Bertz CT molecular complexity index is 417. The molecule has 1 aliphatic carbocycles. The zero-order valence-electron chi connectivity index (χ0n) is 12.5. The Hall–Kier alpha value is -1.20. The Balaban J connectivity index is 1.87. The van der Waals surface area contributed by atoms with Crippen molar-refractivity contribution in [3.63, 3.8) is 0 Å². The highest BCUT2D eigenvalue weighted by Gasteiger charge is 2.16. The van der Waals surface area contributed by atoms with Crippen LogP contribution in [-0.4, -0.2) is 41.8 Å². The van der Waals surface area contributed by atoms with E-state index >= 15 is 0 Å². The largest absolute Gasteiger partial charge is 0.384 e. The maximum Gasteiger partial charge on any atom is 0.240 e. The Morgan fingerprint density at radius 1 is 1.40 bits per heavy atom. The molecule has 112 valence electrons. The van der Waals surface area contributed by atoms with Gasteiger partial charge in [0.25, 0.3) is 0 Å². The molecule has 0 radical (unpaired) electrons. The van der Waals surface area contributed by atoms with Gasteiger partial charge >= 0.3 is 0 Å². The Labute approximate surface area is 121 Å². The topological polar surface area (TPSA) is 51.4 Å². The van der Waals surface area contributed by atoms with Crippen molar-refractivity contribution < 1.29 is 9.26 Å². The molecule has 1 aliphatic rings. The Morgan fingerprint density at radius 2 is 2.30 bits per heavy atom. The summed E-state index contributed by atoms with van der Waals surface area (Å²) in [6.07, 6.45) is 11.7. The minimum Gasteiger partial charge on any atom is -0.384 e. The molecule has 0 spiro atoms. The summed E-state index contributed by atoms with van der Waals surface area (Å²) in [5, 5.41) is 3.97. The van der Waals surface area contributed by atoms with E-state index in [2.05, 4.69) is 34.2 Å². The summed E-state index contributed by atoms with van der Waals surface area (Å²) in [7, 11) is 3.80. The first-order valence-electron chi connectivity index (χ1n) is 7.47. The number of likely N-dealkylation sites (N-methyl/N-ethyl adjacent to an activating group) is 1. The quantitative estimate of drug-likeness (QED) is 0.749. The number of nitrogens with zero attached hydrogens (tertiary/aromatic N) is 3. The lowest BCUT2D eigenvalue weighted by atomic mass is 10.0. The van der Waals surface area contributed by atoms with Crippen molar-refractivity contribution in [1.82, 2.24) is 15.0 Å². The molecule has 2 rings (SSSR count). The van der Waals surface area contributed by atoms with Gasteiger partial charge in [-0.15, -0.1) is 0 Å². The SMILES string of the molecule is COCCc1noc(CN(C)C2/C=C\CCCCC2)n1. The average molecular weight is 279 g/mol. The van der Waals surface area contributed by atoms with E-state index in [-0.39, 0.29) is 0 Å². The van der Waals surface area contributed by atoms with Crippen LogP contribution in [0.2, 0.25) is 0 Å². The van der Waals surface area contributed by atoms with E-state index in [4.69, 9.17) is 9.26 Å². The van der Waals surface area contributed by atoms with Gasteiger partial charge in [0.1, 0.15) is 0 Å². The normalized spacial score (nSPS) is 21.6. The standard InChI is InChI=1S/C15H25N3O2/c1-18(13-8-6-4-3-5-7-9-13)12-15-16-14(17-20-15)10-11-19-2/h6,8,13H,3-5,7,9-12H2,1-2H3/b8-6-. The third kappa shape index (κ3) is 4.72. The van der Waals surface area contributed by atoms with E-state index in [1.54, 1.807) is 7.11 Å². The number of methoxy groups -OCH3 is 1. The summed E-state index contributed by atoms with van der Waals surface area (Å²) >= 11 is 0. The van der Waals surface area contributed by atoms with Crippen LogP contribution in [0.5, 0.6) is 0 Å². The summed E-state index contributed by atoms with van der Waals surface area (Å²) in [5.41, 5.74) is 0. The van der Waals surface area contributed by atoms with Crippen molar-refractivity contribution in [2.24, 2.45) is 0 Å². The number of hydrogen-bond donors (Lipinski definition) is 0. The first kappa shape index (κ1) is 15.2. The van der Waals surface area contributed by atoms with Gasteiger partial charge in [0.15, 0.2) is 5.82 Å². The number of ether oxygens (including phenoxy) is 1. The molecule has 0 N–H and O–H groups in total. The lowest BCUT2D eigenvalue weighted by Gasteiger charge is -2.25. The molecule has 0 amide bonds. The van der Waals surface area contributed by atoms with E-state index in [0.29, 0.717) is 31.5 Å². The third-order valence-corrected chi connectivity index (χ3v) is 3.72.